The zero-order valence-corrected chi connectivity index (χ0v) is 13.1. The van der Waals surface area contributed by atoms with Crippen molar-refractivity contribution in [3.63, 3.8) is 0 Å². The van der Waals surface area contributed by atoms with E-state index < -0.39 is 5.95 Å². The highest BCUT2D eigenvalue weighted by atomic mass is 19.1. The molecule has 0 unspecified atom stereocenters. The van der Waals surface area contributed by atoms with Gasteiger partial charge in [-0.2, -0.15) is 9.49 Å². The van der Waals surface area contributed by atoms with Crippen molar-refractivity contribution < 1.29 is 9.18 Å². The van der Waals surface area contributed by atoms with Crippen LogP contribution in [0.4, 0.5) is 15.8 Å². The van der Waals surface area contributed by atoms with E-state index in [1.807, 2.05) is 18.2 Å². The molecule has 5 nitrogen and oxygen atoms in total. The van der Waals surface area contributed by atoms with Crippen LogP contribution in [0, 0.1) is 11.9 Å². The molecule has 122 valence electrons. The summed E-state index contributed by atoms with van der Waals surface area (Å²) in [7, 11) is 0. The lowest BCUT2D eigenvalue weighted by Gasteiger charge is -2.25. The normalized spacial score (nSPS) is 15.0. The lowest BCUT2D eigenvalue weighted by molar-refractivity contribution is -0.121. The fourth-order valence-corrected chi connectivity index (χ4v) is 3.33. The zero-order chi connectivity index (χ0) is 16.5. The fourth-order valence-electron chi connectivity index (χ4n) is 3.33. The third kappa shape index (κ3) is 2.64. The van der Waals surface area contributed by atoms with Gasteiger partial charge in [0.25, 0.3) is 0 Å². The van der Waals surface area contributed by atoms with Crippen LogP contribution >= 0.6 is 0 Å². The molecule has 1 fully saturated rings. The van der Waals surface area contributed by atoms with Crippen LogP contribution in [0.3, 0.4) is 0 Å². The average Bonchev–Trinajstić information content (AvgIpc) is 3.28. The highest BCUT2D eigenvalue weighted by Crippen LogP contribution is 2.34. The molecule has 2 heterocycles. The number of aromatic nitrogens is 3. The van der Waals surface area contributed by atoms with Crippen LogP contribution in [0.5, 0.6) is 0 Å². The van der Waals surface area contributed by atoms with Crippen LogP contribution in [0.25, 0.3) is 10.9 Å². The maximum Gasteiger partial charge on any atom is 0.234 e. The topological polar surface area (TPSA) is 61.9 Å². The van der Waals surface area contributed by atoms with Crippen LogP contribution in [0.1, 0.15) is 25.7 Å². The predicted octanol–water partition coefficient (Wildman–Crippen LogP) is 3.95. The van der Waals surface area contributed by atoms with Gasteiger partial charge >= 0.3 is 0 Å². The summed E-state index contributed by atoms with van der Waals surface area (Å²) in [5, 5.41) is 7.84. The van der Waals surface area contributed by atoms with E-state index in [-0.39, 0.29) is 11.8 Å². The summed E-state index contributed by atoms with van der Waals surface area (Å²) in [4.78, 5) is 18.4. The summed E-state index contributed by atoms with van der Waals surface area (Å²) in [5.41, 5.74) is 2.23. The Labute approximate surface area is 138 Å². The third-order valence-corrected chi connectivity index (χ3v) is 4.58. The standard InChI is InChI=1S/C18H17FN4O/c19-17-8-6-15(11-20-17)23(18(24)12-3-1-2-4-12)14-5-7-16-13(9-14)10-21-22-16/h5-12H,1-4H2,(H,21,22). The van der Waals surface area contributed by atoms with Crippen molar-refractivity contribution in [3.8, 4) is 0 Å². The van der Waals surface area contributed by atoms with Crippen molar-refractivity contribution >= 4 is 28.2 Å². The Morgan fingerprint density at radius 2 is 1.92 bits per heavy atom. The quantitative estimate of drug-likeness (QED) is 0.742. The number of anilines is 2. The van der Waals surface area contributed by atoms with Crippen molar-refractivity contribution in [2.24, 2.45) is 5.92 Å². The monoisotopic (exact) mass is 324 g/mol. The van der Waals surface area contributed by atoms with Crippen molar-refractivity contribution in [3.05, 3.63) is 48.7 Å². The van der Waals surface area contributed by atoms with E-state index in [1.54, 1.807) is 17.2 Å². The highest BCUT2D eigenvalue weighted by molar-refractivity contribution is 6.03. The van der Waals surface area contributed by atoms with Crippen LogP contribution in [-0.2, 0) is 4.79 Å². The number of H-pyrrole nitrogens is 1. The molecular weight excluding hydrogens is 307 g/mol. The number of amides is 1. The number of benzene rings is 1. The molecule has 2 aromatic heterocycles. The zero-order valence-electron chi connectivity index (χ0n) is 13.1. The van der Waals surface area contributed by atoms with E-state index in [2.05, 4.69) is 15.2 Å². The Bertz CT molecular complexity index is 868. The second kappa shape index (κ2) is 6.03. The second-order valence-electron chi connectivity index (χ2n) is 6.14. The summed E-state index contributed by atoms with van der Waals surface area (Å²) in [6.45, 7) is 0. The molecule has 0 saturated heterocycles. The van der Waals surface area contributed by atoms with E-state index in [0.29, 0.717) is 5.69 Å². The molecule has 1 saturated carbocycles. The van der Waals surface area contributed by atoms with Gasteiger partial charge in [-0.3, -0.25) is 14.8 Å². The second-order valence-corrected chi connectivity index (χ2v) is 6.14. The lowest BCUT2D eigenvalue weighted by atomic mass is 10.1. The largest absolute Gasteiger partial charge is 0.279 e. The van der Waals surface area contributed by atoms with Gasteiger partial charge in [0.1, 0.15) is 0 Å². The first-order valence-electron chi connectivity index (χ1n) is 8.11. The molecular formula is C18H17FN4O. The Balaban J connectivity index is 1.79. The summed E-state index contributed by atoms with van der Waals surface area (Å²) in [6.07, 6.45) is 7.08. The molecule has 0 spiro atoms. The molecule has 6 heteroatoms. The molecule has 1 aliphatic carbocycles. The molecule has 4 rings (SSSR count). The van der Waals surface area contributed by atoms with Gasteiger partial charge in [0.15, 0.2) is 0 Å². The highest BCUT2D eigenvalue weighted by Gasteiger charge is 2.29. The summed E-state index contributed by atoms with van der Waals surface area (Å²) < 4.78 is 13.2. The van der Waals surface area contributed by atoms with Crippen molar-refractivity contribution in [1.82, 2.24) is 15.2 Å². The molecule has 1 amide bonds. The molecule has 1 N–H and O–H groups in total. The SMILES string of the molecule is O=C(C1CCCC1)N(c1ccc(F)nc1)c1ccc2[nH]ncc2c1. The summed E-state index contributed by atoms with van der Waals surface area (Å²) in [5.74, 6) is -0.504. The number of nitrogens with zero attached hydrogens (tertiary/aromatic N) is 3. The third-order valence-electron chi connectivity index (χ3n) is 4.58. The maximum absolute atomic E-state index is 13.2. The number of hydrogen-bond acceptors (Lipinski definition) is 3. The fraction of sp³-hybridized carbons (Fsp3) is 0.278. The Morgan fingerprint density at radius 1 is 1.12 bits per heavy atom. The van der Waals surface area contributed by atoms with E-state index in [1.165, 1.54) is 12.3 Å². The molecule has 0 radical (unpaired) electrons. The van der Waals surface area contributed by atoms with E-state index in [9.17, 15) is 9.18 Å². The number of pyridine rings is 1. The van der Waals surface area contributed by atoms with Gasteiger partial charge in [-0.15, -0.1) is 0 Å². The predicted molar refractivity (Wildman–Crippen MR) is 89.4 cm³/mol. The van der Waals surface area contributed by atoms with Gasteiger partial charge in [0.2, 0.25) is 11.9 Å². The van der Waals surface area contributed by atoms with Gasteiger partial charge < -0.3 is 0 Å². The first kappa shape index (κ1) is 14.8. The number of fused-ring (bicyclic) bond motifs is 1. The number of carbonyl (C=O) groups is 1. The molecule has 0 atom stereocenters. The molecule has 0 aliphatic heterocycles. The first-order chi connectivity index (χ1) is 11.7. The molecule has 24 heavy (non-hydrogen) atoms. The number of aromatic amines is 1. The van der Waals surface area contributed by atoms with E-state index in [4.69, 9.17) is 0 Å². The Kier molecular flexibility index (Phi) is 3.72. The van der Waals surface area contributed by atoms with Crippen LogP contribution in [0.15, 0.2) is 42.7 Å². The number of carbonyl (C=O) groups excluding carboxylic acids is 1. The van der Waals surface area contributed by atoms with E-state index in [0.717, 1.165) is 42.3 Å². The first-order valence-corrected chi connectivity index (χ1v) is 8.11. The lowest BCUT2D eigenvalue weighted by Crippen LogP contribution is -2.31. The Morgan fingerprint density at radius 3 is 2.67 bits per heavy atom. The van der Waals surface area contributed by atoms with Crippen molar-refractivity contribution in [1.29, 1.82) is 0 Å². The van der Waals surface area contributed by atoms with Crippen molar-refractivity contribution in [2.75, 3.05) is 4.90 Å². The Hall–Kier alpha value is -2.76. The van der Waals surface area contributed by atoms with Gasteiger partial charge in [0.05, 0.1) is 23.6 Å². The average molecular weight is 324 g/mol. The minimum atomic E-state index is -0.558. The van der Waals surface area contributed by atoms with Gasteiger partial charge in [0, 0.05) is 17.0 Å². The van der Waals surface area contributed by atoms with Crippen LogP contribution < -0.4 is 4.90 Å². The van der Waals surface area contributed by atoms with Gasteiger partial charge in [-0.25, -0.2) is 4.98 Å². The van der Waals surface area contributed by atoms with Crippen LogP contribution in [-0.4, -0.2) is 21.1 Å². The molecule has 1 aromatic carbocycles. The molecule has 0 bridgehead atoms. The summed E-state index contributed by atoms with van der Waals surface area (Å²) >= 11 is 0. The number of halogens is 1. The van der Waals surface area contributed by atoms with Gasteiger partial charge in [-0.05, 0) is 43.2 Å². The van der Waals surface area contributed by atoms with Crippen LogP contribution in [0.2, 0.25) is 0 Å². The minimum Gasteiger partial charge on any atom is -0.279 e. The smallest absolute Gasteiger partial charge is 0.234 e. The molecule has 3 aromatic rings. The number of hydrogen-bond donors (Lipinski definition) is 1. The van der Waals surface area contributed by atoms with Crippen molar-refractivity contribution in [2.45, 2.75) is 25.7 Å². The number of nitrogens with one attached hydrogen (secondary N) is 1. The molecule has 1 aliphatic rings. The minimum absolute atomic E-state index is 0.00935. The van der Waals surface area contributed by atoms with E-state index >= 15 is 0 Å². The summed E-state index contributed by atoms with van der Waals surface area (Å²) in [6, 6.07) is 8.55. The number of rotatable bonds is 3. The van der Waals surface area contributed by atoms with Gasteiger partial charge in [-0.1, -0.05) is 12.8 Å². The maximum atomic E-state index is 13.2.